The summed E-state index contributed by atoms with van der Waals surface area (Å²) in [4.78, 5) is 18.6. The molecule has 5 nitrogen and oxygen atoms in total. The molecule has 2 aromatic heterocycles. The normalized spacial score (nSPS) is 22.3. The molecule has 25 heavy (non-hydrogen) atoms. The van der Waals surface area contributed by atoms with Gasteiger partial charge in [0.25, 0.3) is 5.91 Å². The molecule has 1 amide bonds. The Labute approximate surface area is 153 Å². The van der Waals surface area contributed by atoms with Crippen LogP contribution in [0.1, 0.15) is 23.0 Å². The van der Waals surface area contributed by atoms with E-state index in [-0.39, 0.29) is 17.4 Å². The number of amides is 1. The molecule has 1 fully saturated rings. The molecular weight excluding hydrogens is 376 g/mol. The summed E-state index contributed by atoms with van der Waals surface area (Å²) in [5.41, 5.74) is 0.265. The van der Waals surface area contributed by atoms with Crippen LogP contribution in [-0.2, 0) is 9.84 Å². The Bertz CT molecular complexity index is 1030. The van der Waals surface area contributed by atoms with E-state index in [0.717, 1.165) is 20.1 Å². The summed E-state index contributed by atoms with van der Waals surface area (Å²) >= 11 is 2.97. The second-order valence-corrected chi connectivity index (χ2v) is 10.8. The quantitative estimate of drug-likeness (QED) is 0.742. The minimum atomic E-state index is -3.05. The second kappa shape index (κ2) is 5.89. The molecule has 130 valence electrons. The van der Waals surface area contributed by atoms with E-state index in [2.05, 4.69) is 10.3 Å². The number of thiophene rings is 1. The minimum absolute atomic E-state index is 0.00183. The largest absolute Gasteiger partial charge is 0.345 e. The van der Waals surface area contributed by atoms with E-state index in [1.54, 1.807) is 24.3 Å². The third-order valence-electron chi connectivity index (χ3n) is 4.25. The molecule has 0 saturated carbocycles. The van der Waals surface area contributed by atoms with Crippen LogP contribution in [0.5, 0.6) is 0 Å². The van der Waals surface area contributed by atoms with Crippen molar-refractivity contribution >= 4 is 48.6 Å². The van der Waals surface area contributed by atoms with E-state index >= 15 is 0 Å². The number of para-hydroxylation sites is 1. The van der Waals surface area contributed by atoms with E-state index < -0.39 is 15.4 Å². The molecule has 3 aromatic rings. The fourth-order valence-corrected chi connectivity index (χ4v) is 7.01. The maximum Gasteiger partial charge on any atom is 0.261 e. The first-order valence-electron chi connectivity index (χ1n) is 7.82. The zero-order valence-electron chi connectivity index (χ0n) is 13.5. The van der Waals surface area contributed by atoms with Gasteiger partial charge >= 0.3 is 0 Å². The lowest BCUT2D eigenvalue weighted by Crippen LogP contribution is -2.46. The van der Waals surface area contributed by atoms with Gasteiger partial charge in [0.1, 0.15) is 5.01 Å². The number of hydrogen-bond donors (Lipinski definition) is 1. The molecular formula is C17H16N2O3S3. The Morgan fingerprint density at radius 1 is 1.20 bits per heavy atom. The van der Waals surface area contributed by atoms with E-state index in [4.69, 9.17) is 0 Å². The maximum atomic E-state index is 12.5. The first kappa shape index (κ1) is 16.7. The summed E-state index contributed by atoms with van der Waals surface area (Å²) in [7, 11) is -3.05. The van der Waals surface area contributed by atoms with Crippen LogP contribution in [0.3, 0.4) is 0 Å². The smallest absolute Gasteiger partial charge is 0.261 e. The number of nitrogens with zero attached hydrogens (tertiary/aromatic N) is 1. The number of benzene rings is 1. The number of thiazole rings is 1. The van der Waals surface area contributed by atoms with Crippen LogP contribution in [0, 0.1) is 0 Å². The number of carbonyl (C=O) groups is 1. The molecule has 0 spiro atoms. The van der Waals surface area contributed by atoms with Crippen molar-refractivity contribution in [1.82, 2.24) is 10.3 Å². The molecule has 0 radical (unpaired) electrons. The Balaban J connectivity index is 1.55. The predicted molar refractivity (Wildman–Crippen MR) is 102 cm³/mol. The topological polar surface area (TPSA) is 76.1 Å². The monoisotopic (exact) mass is 392 g/mol. The molecule has 1 N–H and O–H groups in total. The zero-order valence-corrected chi connectivity index (χ0v) is 15.9. The summed E-state index contributed by atoms with van der Waals surface area (Å²) in [6, 6.07) is 11.6. The fourth-order valence-electron chi connectivity index (χ4n) is 3.00. The van der Waals surface area contributed by atoms with Gasteiger partial charge in [0.15, 0.2) is 9.84 Å². The van der Waals surface area contributed by atoms with Crippen LogP contribution in [0.25, 0.3) is 20.1 Å². The average Bonchev–Trinajstić information content (AvgIpc) is 3.24. The summed E-state index contributed by atoms with van der Waals surface area (Å²) in [5.74, 6) is -0.0931. The van der Waals surface area contributed by atoms with Crippen molar-refractivity contribution < 1.29 is 13.2 Å². The molecule has 1 aromatic carbocycles. The van der Waals surface area contributed by atoms with Gasteiger partial charge in [-0.05, 0) is 37.6 Å². The van der Waals surface area contributed by atoms with Crippen molar-refractivity contribution in [1.29, 1.82) is 0 Å². The SMILES string of the molecule is CC1(NC(=O)c2ccc(-c3nc4ccccc4s3)s2)CCS(=O)(=O)C1. The third kappa shape index (κ3) is 3.33. The number of aromatic nitrogens is 1. The number of hydrogen-bond acceptors (Lipinski definition) is 6. The lowest BCUT2D eigenvalue weighted by atomic mass is 10.0. The van der Waals surface area contributed by atoms with Gasteiger partial charge in [-0.15, -0.1) is 22.7 Å². The fraction of sp³-hybridized carbons (Fsp3) is 0.294. The Kier molecular flexibility index (Phi) is 3.93. The Morgan fingerprint density at radius 3 is 2.72 bits per heavy atom. The number of rotatable bonds is 3. The van der Waals surface area contributed by atoms with E-state index in [1.165, 1.54) is 11.3 Å². The van der Waals surface area contributed by atoms with Gasteiger partial charge in [0.05, 0.1) is 37.0 Å². The standard InChI is InChI=1S/C17H16N2O3S3/c1-17(8-9-25(21,22)10-17)19-15(20)13-6-7-14(23-13)16-18-11-4-2-3-5-12(11)24-16/h2-7H,8-10H2,1H3,(H,19,20). The van der Waals surface area contributed by atoms with Gasteiger partial charge < -0.3 is 5.32 Å². The van der Waals surface area contributed by atoms with Crippen LogP contribution in [0.15, 0.2) is 36.4 Å². The van der Waals surface area contributed by atoms with Crippen molar-refractivity contribution in [3.8, 4) is 9.88 Å². The Morgan fingerprint density at radius 2 is 2.00 bits per heavy atom. The van der Waals surface area contributed by atoms with E-state index in [0.29, 0.717) is 11.3 Å². The molecule has 1 saturated heterocycles. The third-order valence-corrected chi connectivity index (χ3v) is 8.45. The van der Waals surface area contributed by atoms with Crippen LogP contribution >= 0.6 is 22.7 Å². The average molecular weight is 393 g/mol. The summed E-state index contributed by atoms with van der Waals surface area (Å²) in [6.45, 7) is 1.79. The second-order valence-electron chi connectivity index (χ2n) is 6.51. The van der Waals surface area contributed by atoms with Crippen molar-refractivity contribution in [3.05, 3.63) is 41.3 Å². The lowest BCUT2D eigenvalue weighted by Gasteiger charge is -2.23. The van der Waals surface area contributed by atoms with Crippen LogP contribution < -0.4 is 5.32 Å². The molecule has 1 unspecified atom stereocenters. The van der Waals surface area contributed by atoms with Gasteiger partial charge in [-0.2, -0.15) is 0 Å². The van der Waals surface area contributed by atoms with Crippen molar-refractivity contribution in [3.63, 3.8) is 0 Å². The minimum Gasteiger partial charge on any atom is -0.345 e. The molecule has 1 aliphatic heterocycles. The highest BCUT2D eigenvalue weighted by atomic mass is 32.2. The maximum absolute atomic E-state index is 12.5. The van der Waals surface area contributed by atoms with Crippen LogP contribution in [0.4, 0.5) is 0 Å². The van der Waals surface area contributed by atoms with Gasteiger partial charge in [0.2, 0.25) is 0 Å². The molecule has 1 atom stereocenters. The van der Waals surface area contributed by atoms with Crippen LogP contribution in [-0.4, -0.2) is 36.4 Å². The summed E-state index contributed by atoms with van der Waals surface area (Å²) in [5, 5.41) is 3.78. The number of fused-ring (bicyclic) bond motifs is 1. The van der Waals surface area contributed by atoms with Gasteiger partial charge in [0, 0.05) is 0 Å². The highest BCUT2D eigenvalue weighted by molar-refractivity contribution is 7.91. The van der Waals surface area contributed by atoms with Gasteiger partial charge in [-0.3, -0.25) is 4.79 Å². The number of carbonyl (C=O) groups excluding carboxylic acids is 1. The molecule has 4 rings (SSSR count). The van der Waals surface area contributed by atoms with Crippen molar-refractivity contribution in [2.24, 2.45) is 0 Å². The highest BCUT2D eigenvalue weighted by Crippen LogP contribution is 2.34. The highest BCUT2D eigenvalue weighted by Gasteiger charge is 2.39. The van der Waals surface area contributed by atoms with E-state index in [9.17, 15) is 13.2 Å². The van der Waals surface area contributed by atoms with Crippen molar-refractivity contribution in [2.75, 3.05) is 11.5 Å². The van der Waals surface area contributed by atoms with E-state index in [1.807, 2.05) is 30.3 Å². The van der Waals surface area contributed by atoms with Gasteiger partial charge in [-0.25, -0.2) is 13.4 Å². The summed E-state index contributed by atoms with van der Waals surface area (Å²) in [6.07, 6.45) is 0.456. The summed E-state index contributed by atoms with van der Waals surface area (Å²) < 4.78 is 24.5. The Hall–Kier alpha value is -1.77. The molecule has 8 heteroatoms. The molecule has 3 heterocycles. The predicted octanol–water partition coefficient (Wildman–Crippen LogP) is 3.33. The van der Waals surface area contributed by atoms with Gasteiger partial charge in [-0.1, -0.05) is 12.1 Å². The van der Waals surface area contributed by atoms with Crippen molar-refractivity contribution in [2.45, 2.75) is 18.9 Å². The molecule has 1 aliphatic rings. The molecule has 0 aliphatic carbocycles. The number of sulfone groups is 1. The number of nitrogens with one attached hydrogen (secondary N) is 1. The van der Waals surface area contributed by atoms with Crippen LogP contribution in [0.2, 0.25) is 0 Å². The first-order chi connectivity index (χ1) is 11.8. The lowest BCUT2D eigenvalue weighted by molar-refractivity contribution is 0.0919. The first-order valence-corrected chi connectivity index (χ1v) is 11.3. The molecule has 0 bridgehead atoms. The zero-order chi connectivity index (χ0) is 17.7.